The van der Waals surface area contributed by atoms with E-state index in [9.17, 15) is 5.11 Å². The van der Waals surface area contributed by atoms with E-state index in [0.29, 0.717) is 19.0 Å². The second-order valence-corrected chi connectivity index (χ2v) is 4.92. The van der Waals surface area contributed by atoms with Crippen LogP contribution < -0.4 is 10.6 Å². The van der Waals surface area contributed by atoms with Gasteiger partial charge in [0.05, 0.1) is 18.8 Å². The van der Waals surface area contributed by atoms with Crippen molar-refractivity contribution in [2.75, 3.05) is 20.2 Å². The maximum absolute atomic E-state index is 9.56. The Morgan fingerprint density at radius 3 is 2.55 bits per heavy atom. The third kappa shape index (κ3) is 4.86. The van der Waals surface area contributed by atoms with Crippen LogP contribution in [0.25, 0.3) is 0 Å². The SMILES string of the molecule is CN=C(NCc1ccccn1)NCC(CO)c1ccccc1. The van der Waals surface area contributed by atoms with Crippen molar-refractivity contribution in [1.82, 2.24) is 15.6 Å². The van der Waals surface area contributed by atoms with Gasteiger partial charge in [-0.25, -0.2) is 0 Å². The summed E-state index contributed by atoms with van der Waals surface area (Å²) in [4.78, 5) is 8.45. The molecule has 0 saturated carbocycles. The van der Waals surface area contributed by atoms with Crippen LogP contribution in [0.5, 0.6) is 0 Å². The molecule has 22 heavy (non-hydrogen) atoms. The van der Waals surface area contributed by atoms with Gasteiger partial charge in [-0.05, 0) is 17.7 Å². The number of hydrogen-bond acceptors (Lipinski definition) is 3. The first-order valence-corrected chi connectivity index (χ1v) is 7.33. The molecule has 0 fully saturated rings. The molecule has 1 heterocycles. The summed E-state index contributed by atoms with van der Waals surface area (Å²) < 4.78 is 0. The van der Waals surface area contributed by atoms with Crippen LogP contribution in [0, 0.1) is 0 Å². The average Bonchev–Trinajstić information content (AvgIpc) is 2.60. The van der Waals surface area contributed by atoms with Crippen LogP contribution in [-0.2, 0) is 6.54 Å². The first-order valence-electron chi connectivity index (χ1n) is 7.33. The Hall–Kier alpha value is -2.40. The van der Waals surface area contributed by atoms with Crippen LogP contribution in [0.4, 0.5) is 0 Å². The van der Waals surface area contributed by atoms with Gasteiger partial charge in [0.1, 0.15) is 0 Å². The molecular weight excluding hydrogens is 276 g/mol. The average molecular weight is 298 g/mol. The highest BCUT2D eigenvalue weighted by atomic mass is 16.3. The third-order valence-corrected chi connectivity index (χ3v) is 3.39. The zero-order chi connectivity index (χ0) is 15.6. The van der Waals surface area contributed by atoms with Crippen molar-refractivity contribution in [3.63, 3.8) is 0 Å². The highest BCUT2D eigenvalue weighted by molar-refractivity contribution is 5.79. The van der Waals surface area contributed by atoms with Crippen molar-refractivity contribution in [3.8, 4) is 0 Å². The minimum atomic E-state index is 0.0367. The Labute approximate surface area is 131 Å². The van der Waals surface area contributed by atoms with Gasteiger partial charge in [-0.3, -0.25) is 9.98 Å². The summed E-state index contributed by atoms with van der Waals surface area (Å²) in [6.07, 6.45) is 1.77. The van der Waals surface area contributed by atoms with Crippen molar-refractivity contribution >= 4 is 5.96 Å². The summed E-state index contributed by atoms with van der Waals surface area (Å²) in [6, 6.07) is 15.8. The lowest BCUT2D eigenvalue weighted by Gasteiger charge is -2.18. The monoisotopic (exact) mass is 298 g/mol. The molecule has 1 aromatic carbocycles. The molecule has 0 aliphatic carbocycles. The number of hydrogen-bond donors (Lipinski definition) is 3. The topological polar surface area (TPSA) is 69.5 Å². The molecule has 2 rings (SSSR count). The summed E-state index contributed by atoms with van der Waals surface area (Å²) in [6.45, 7) is 1.31. The second kappa shape index (κ2) is 8.79. The molecule has 5 nitrogen and oxygen atoms in total. The third-order valence-electron chi connectivity index (χ3n) is 3.39. The summed E-state index contributed by atoms with van der Waals surface area (Å²) >= 11 is 0. The van der Waals surface area contributed by atoms with Gasteiger partial charge in [0.2, 0.25) is 0 Å². The van der Waals surface area contributed by atoms with Gasteiger partial charge in [-0.15, -0.1) is 0 Å². The summed E-state index contributed by atoms with van der Waals surface area (Å²) in [5, 5.41) is 16.0. The van der Waals surface area contributed by atoms with Gasteiger partial charge >= 0.3 is 0 Å². The molecule has 1 unspecified atom stereocenters. The number of aromatic nitrogens is 1. The lowest BCUT2D eigenvalue weighted by atomic mass is 10.0. The van der Waals surface area contributed by atoms with Crippen molar-refractivity contribution in [3.05, 3.63) is 66.0 Å². The number of nitrogens with one attached hydrogen (secondary N) is 2. The summed E-state index contributed by atoms with van der Waals surface area (Å²) in [7, 11) is 1.73. The Morgan fingerprint density at radius 1 is 1.14 bits per heavy atom. The normalized spacial score (nSPS) is 12.7. The molecule has 5 heteroatoms. The Morgan fingerprint density at radius 2 is 1.91 bits per heavy atom. The number of rotatable bonds is 6. The fourth-order valence-corrected chi connectivity index (χ4v) is 2.13. The molecule has 0 spiro atoms. The molecule has 0 bridgehead atoms. The molecule has 0 radical (unpaired) electrons. The van der Waals surface area contributed by atoms with Crippen molar-refractivity contribution < 1.29 is 5.11 Å². The molecule has 2 aromatic rings. The van der Waals surface area contributed by atoms with Gasteiger partial charge in [-0.2, -0.15) is 0 Å². The molecule has 0 aliphatic heterocycles. The Balaban J connectivity index is 1.85. The van der Waals surface area contributed by atoms with Gasteiger partial charge in [0.25, 0.3) is 0 Å². The number of pyridine rings is 1. The predicted octanol–water partition coefficient (Wildman–Crippen LogP) is 1.52. The number of nitrogens with zero attached hydrogens (tertiary/aromatic N) is 2. The molecule has 116 valence electrons. The molecule has 1 atom stereocenters. The van der Waals surface area contributed by atoms with Crippen molar-refractivity contribution in [2.24, 2.45) is 4.99 Å². The molecule has 0 saturated heterocycles. The lowest BCUT2D eigenvalue weighted by Crippen LogP contribution is -2.39. The minimum Gasteiger partial charge on any atom is -0.396 e. The van der Waals surface area contributed by atoms with Gasteiger partial charge < -0.3 is 15.7 Å². The first-order chi connectivity index (χ1) is 10.8. The zero-order valence-electron chi connectivity index (χ0n) is 12.7. The smallest absolute Gasteiger partial charge is 0.191 e. The van der Waals surface area contributed by atoms with Crippen LogP contribution in [0.1, 0.15) is 17.2 Å². The van der Waals surface area contributed by atoms with Gasteiger partial charge in [0, 0.05) is 25.7 Å². The molecule has 1 aromatic heterocycles. The van der Waals surface area contributed by atoms with E-state index in [1.165, 1.54) is 0 Å². The summed E-state index contributed by atoms with van der Waals surface area (Å²) in [5.74, 6) is 0.731. The largest absolute Gasteiger partial charge is 0.396 e. The van der Waals surface area contributed by atoms with Crippen LogP contribution in [0.3, 0.4) is 0 Å². The van der Waals surface area contributed by atoms with Gasteiger partial charge in [0.15, 0.2) is 5.96 Å². The van der Waals surface area contributed by atoms with Crippen molar-refractivity contribution in [2.45, 2.75) is 12.5 Å². The highest BCUT2D eigenvalue weighted by Gasteiger charge is 2.10. The molecule has 3 N–H and O–H groups in total. The number of aliphatic hydroxyl groups is 1. The first kappa shape index (κ1) is 16.0. The predicted molar refractivity (Wildman–Crippen MR) is 88.7 cm³/mol. The molecular formula is C17H22N4O. The van der Waals surface area contributed by atoms with Crippen molar-refractivity contribution in [1.29, 1.82) is 0 Å². The quantitative estimate of drug-likeness (QED) is 0.559. The van der Waals surface area contributed by atoms with E-state index in [1.54, 1.807) is 13.2 Å². The van der Waals surface area contributed by atoms with E-state index in [2.05, 4.69) is 20.6 Å². The molecule has 0 amide bonds. The van der Waals surface area contributed by atoms with E-state index < -0.39 is 0 Å². The maximum Gasteiger partial charge on any atom is 0.191 e. The highest BCUT2D eigenvalue weighted by Crippen LogP contribution is 2.13. The van der Waals surface area contributed by atoms with E-state index in [4.69, 9.17) is 0 Å². The number of aliphatic hydroxyl groups excluding tert-OH is 1. The Kier molecular flexibility index (Phi) is 6.39. The fraction of sp³-hybridized carbons (Fsp3) is 0.294. The zero-order valence-corrected chi connectivity index (χ0v) is 12.7. The van der Waals surface area contributed by atoms with Crippen LogP contribution in [0.2, 0.25) is 0 Å². The fourth-order valence-electron chi connectivity index (χ4n) is 2.13. The maximum atomic E-state index is 9.56. The summed E-state index contributed by atoms with van der Waals surface area (Å²) in [5.41, 5.74) is 2.06. The van der Waals surface area contributed by atoms with E-state index in [-0.39, 0.29) is 12.5 Å². The minimum absolute atomic E-state index is 0.0367. The lowest BCUT2D eigenvalue weighted by molar-refractivity contribution is 0.265. The van der Waals surface area contributed by atoms with Crippen LogP contribution in [-0.4, -0.2) is 36.2 Å². The molecule has 0 aliphatic rings. The van der Waals surface area contributed by atoms with Crippen LogP contribution >= 0.6 is 0 Å². The van der Waals surface area contributed by atoms with Gasteiger partial charge in [-0.1, -0.05) is 36.4 Å². The number of aliphatic imine (C=N–C) groups is 1. The standard InChI is InChI=1S/C17H22N4O/c1-18-17(21-12-16-9-5-6-10-19-16)20-11-15(13-22)14-7-3-2-4-8-14/h2-10,15,22H,11-13H2,1H3,(H2,18,20,21). The van der Waals surface area contributed by atoms with E-state index in [1.807, 2.05) is 48.5 Å². The van der Waals surface area contributed by atoms with E-state index >= 15 is 0 Å². The number of guanidine groups is 1. The second-order valence-electron chi connectivity index (χ2n) is 4.92. The van der Waals surface area contributed by atoms with E-state index in [0.717, 1.165) is 11.3 Å². The Bertz CT molecular complexity index is 572. The number of benzene rings is 1. The van der Waals surface area contributed by atoms with Crippen LogP contribution in [0.15, 0.2) is 59.7 Å².